The molecular formula is C14H21NO. The first-order chi connectivity index (χ1) is 7.84. The minimum atomic E-state index is 0.802. The van der Waals surface area contributed by atoms with Crippen molar-refractivity contribution in [1.29, 1.82) is 0 Å². The molecule has 0 unspecified atom stereocenters. The fraction of sp³-hybridized carbons (Fsp3) is 0.571. The molecular weight excluding hydrogens is 198 g/mol. The molecule has 1 saturated heterocycles. The van der Waals surface area contributed by atoms with Gasteiger partial charge in [-0.15, -0.1) is 0 Å². The maximum Gasteiger partial charge on any atom is 0.119 e. The molecule has 2 rings (SSSR count). The molecule has 2 heteroatoms. The lowest BCUT2D eigenvalue weighted by atomic mass is 10.0. The van der Waals surface area contributed by atoms with Crippen molar-refractivity contribution in [3.63, 3.8) is 0 Å². The highest BCUT2D eigenvalue weighted by Crippen LogP contribution is 2.15. The molecule has 1 aliphatic rings. The van der Waals surface area contributed by atoms with Crippen LogP contribution in [0, 0.1) is 5.92 Å². The summed E-state index contributed by atoms with van der Waals surface area (Å²) in [5.74, 6) is 1.83. The highest BCUT2D eigenvalue weighted by atomic mass is 16.5. The van der Waals surface area contributed by atoms with Crippen LogP contribution in [0.3, 0.4) is 0 Å². The molecule has 2 nitrogen and oxygen atoms in total. The lowest BCUT2D eigenvalue weighted by Gasteiger charge is -2.30. The van der Waals surface area contributed by atoms with Gasteiger partial charge in [0.1, 0.15) is 12.4 Å². The van der Waals surface area contributed by atoms with Crippen LogP contribution in [0.5, 0.6) is 5.75 Å². The van der Waals surface area contributed by atoms with Crippen molar-refractivity contribution in [2.45, 2.75) is 19.8 Å². The number of likely N-dealkylation sites (tertiary alicyclic amines) is 1. The second kappa shape index (κ2) is 5.90. The molecule has 1 heterocycles. The van der Waals surface area contributed by atoms with Gasteiger partial charge in [-0.2, -0.15) is 0 Å². The summed E-state index contributed by atoms with van der Waals surface area (Å²) in [4.78, 5) is 2.51. The fourth-order valence-electron chi connectivity index (χ4n) is 2.30. The van der Waals surface area contributed by atoms with Crippen LogP contribution in [0.15, 0.2) is 30.3 Å². The van der Waals surface area contributed by atoms with Crippen LogP contribution < -0.4 is 4.74 Å². The van der Waals surface area contributed by atoms with Gasteiger partial charge in [-0.05, 0) is 37.4 Å². The third-order valence-corrected chi connectivity index (χ3v) is 3.16. The number of hydrogen-bond donors (Lipinski definition) is 0. The van der Waals surface area contributed by atoms with Crippen molar-refractivity contribution in [1.82, 2.24) is 4.90 Å². The Hall–Kier alpha value is -1.02. The quantitative estimate of drug-likeness (QED) is 0.772. The number of benzene rings is 1. The maximum atomic E-state index is 5.70. The molecule has 0 saturated carbocycles. The Balaban J connectivity index is 1.68. The monoisotopic (exact) mass is 219 g/mol. The third kappa shape index (κ3) is 3.53. The Kier molecular flexibility index (Phi) is 4.23. The van der Waals surface area contributed by atoms with Crippen molar-refractivity contribution in [3.05, 3.63) is 30.3 Å². The number of ether oxygens (including phenoxy) is 1. The number of piperidine rings is 1. The SMILES string of the molecule is C[C@@H]1CCCN(CCOc2ccccc2)C1. The summed E-state index contributed by atoms with van der Waals surface area (Å²) < 4.78 is 5.70. The molecule has 1 aliphatic heterocycles. The minimum absolute atomic E-state index is 0.802. The van der Waals surface area contributed by atoms with E-state index in [-0.39, 0.29) is 0 Å². The van der Waals surface area contributed by atoms with Gasteiger partial charge in [0, 0.05) is 13.1 Å². The molecule has 0 aromatic heterocycles. The van der Waals surface area contributed by atoms with Crippen molar-refractivity contribution in [2.24, 2.45) is 5.92 Å². The largest absolute Gasteiger partial charge is 0.492 e. The van der Waals surface area contributed by atoms with Crippen molar-refractivity contribution >= 4 is 0 Å². The molecule has 0 amide bonds. The van der Waals surface area contributed by atoms with Crippen LogP contribution in [0.4, 0.5) is 0 Å². The molecule has 1 atom stereocenters. The van der Waals surface area contributed by atoms with E-state index in [0.717, 1.165) is 24.8 Å². The Labute approximate surface area is 98.2 Å². The standard InChI is InChI=1S/C14H21NO/c1-13-6-5-9-15(12-13)10-11-16-14-7-3-2-4-8-14/h2-4,7-8,13H,5-6,9-12H2,1H3/t13-/m1/s1. The van der Waals surface area contributed by atoms with Crippen LogP contribution in [-0.4, -0.2) is 31.1 Å². The van der Waals surface area contributed by atoms with Gasteiger partial charge in [-0.3, -0.25) is 4.90 Å². The van der Waals surface area contributed by atoms with Crippen LogP contribution in [0.25, 0.3) is 0 Å². The van der Waals surface area contributed by atoms with E-state index in [9.17, 15) is 0 Å². The molecule has 1 aromatic carbocycles. The Morgan fingerprint density at radius 3 is 2.88 bits per heavy atom. The smallest absolute Gasteiger partial charge is 0.119 e. The number of nitrogens with zero attached hydrogens (tertiary/aromatic N) is 1. The zero-order valence-electron chi connectivity index (χ0n) is 10.1. The van der Waals surface area contributed by atoms with E-state index in [1.165, 1.54) is 25.9 Å². The van der Waals surface area contributed by atoms with Crippen molar-refractivity contribution in [2.75, 3.05) is 26.2 Å². The van der Waals surface area contributed by atoms with Crippen LogP contribution in [-0.2, 0) is 0 Å². The summed E-state index contributed by atoms with van der Waals surface area (Å²) >= 11 is 0. The summed E-state index contributed by atoms with van der Waals surface area (Å²) in [5, 5.41) is 0. The molecule has 1 fully saturated rings. The van der Waals surface area contributed by atoms with Gasteiger partial charge in [0.05, 0.1) is 0 Å². The van der Waals surface area contributed by atoms with Gasteiger partial charge in [-0.25, -0.2) is 0 Å². The molecule has 0 bridgehead atoms. The summed E-state index contributed by atoms with van der Waals surface area (Å²) in [6.07, 6.45) is 2.72. The van der Waals surface area contributed by atoms with E-state index in [1.54, 1.807) is 0 Å². The minimum Gasteiger partial charge on any atom is -0.492 e. The molecule has 1 aromatic rings. The summed E-state index contributed by atoms with van der Waals surface area (Å²) in [5.41, 5.74) is 0. The fourth-order valence-corrected chi connectivity index (χ4v) is 2.30. The van der Waals surface area contributed by atoms with Gasteiger partial charge >= 0.3 is 0 Å². The topological polar surface area (TPSA) is 12.5 Å². The molecule has 0 aliphatic carbocycles. The van der Waals surface area contributed by atoms with Gasteiger partial charge in [-0.1, -0.05) is 25.1 Å². The van der Waals surface area contributed by atoms with Gasteiger partial charge < -0.3 is 4.74 Å². The number of hydrogen-bond acceptors (Lipinski definition) is 2. The van der Waals surface area contributed by atoms with E-state index >= 15 is 0 Å². The third-order valence-electron chi connectivity index (χ3n) is 3.16. The van der Waals surface area contributed by atoms with E-state index in [1.807, 2.05) is 30.3 Å². The molecule has 0 spiro atoms. The number of rotatable bonds is 4. The molecule has 88 valence electrons. The van der Waals surface area contributed by atoms with E-state index in [2.05, 4.69) is 11.8 Å². The van der Waals surface area contributed by atoms with Crippen LogP contribution in [0.1, 0.15) is 19.8 Å². The second-order valence-corrected chi connectivity index (χ2v) is 4.71. The Bertz CT molecular complexity index is 299. The lowest BCUT2D eigenvalue weighted by molar-refractivity contribution is 0.153. The first-order valence-corrected chi connectivity index (χ1v) is 6.25. The summed E-state index contributed by atoms with van der Waals surface area (Å²) in [6, 6.07) is 10.1. The Morgan fingerprint density at radius 1 is 1.31 bits per heavy atom. The van der Waals surface area contributed by atoms with Crippen LogP contribution in [0.2, 0.25) is 0 Å². The van der Waals surface area contributed by atoms with Crippen LogP contribution >= 0.6 is 0 Å². The predicted octanol–water partition coefficient (Wildman–Crippen LogP) is 2.80. The normalized spacial score (nSPS) is 21.9. The van der Waals surface area contributed by atoms with Crippen molar-refractivity contribution in [3.8, 4) is 5.75 Å². The zero-order chi connectivity index (χ0) is 11.2. The molecule has 0 N–H and O–H groups in total. The highest BCUT2D eigenvalue weighted by Gasteiger charge is 2.15. The average molecular weight is 219 g/mol. The first kappa shape index (κ1) is 11.5. The lowest BCUT2D eigenvalue weighted by Crippen LogP contribution is -2.37. The van der Waals surface area contributed by atoms with E-state index < -0.39 is 0 Å². The van der Waals surface area contributed by atoms with Gasteiger partial charge in [0.15, 0.2) is 0 Å². The van der Waals surface area contributed by atoms with Gasteiger partial charge in [0.25, 0.3) is 0 Å². The van der Waals surface area contributed by atoms with E-state index in [4.69, 9.17) is 4.74 Å². The highest BCUT2D eigenvalue weighted by molar-refractivity contribution is 5.20. The van der Waals surface area contributed by atoms with Crippen molar-refractivity contribution < 1.29 is 4.74 Å². The first-order valence-electron chi connectivity index (χ1n) is 6.25. The second-order valence-electron chi connectivity index (χ2n) is 4.71. The zero-order valence-corrected chi connectivity index (χ0v) is 10.1. The van der Waals surface area contributed by atoms with E-state index in [0.29, 0.717) is 0 Å². The number of para-hydroxylation sites is 1. The summed E-state index contributed by atoms with van der Waals surface area (Å²) in [7, 11) is 0. The molecule has 16 heavy (non-hydrogen) atoms. The Morgan fingerprint density at radius 2 is 2.12 bits per heavy atom. The maximum absolute atomic E-state index is 5.70. The molecule has 0 radical (unpaired) electrons. The summed E-state index contributed by atoms with van der Waals surface area (Å²) in [6.45, 7) is 6.67. The average Bonchev–Trinajstić information content (AvgIpc) is 2.30. The van der Waals surface area contributed by atoms with Gasteiger partial charge in [0.2, 0.25) is 0 Å². The predicted molar refractivity (Wildman–Crippen MR) is 66.8 cm³/mol.